The van der Waals surface area contributed by atoms with Gasteiger partial charge in [0.2, 0.25) is 10.0 Å². The van der Waals surface area contributed by atoms with Gasteiger partial charge in [0.25, 0.3) is 0 Å². The predicted octanol–water partition coefficient (Wildman–Crippen LogP) is 5.46. The van der Waals surface area contributed by atoms with E-state index in [1.54, 1.807) is 12.1 Å². The van der Waals surface area contributed by atoms with Gasteiger partial charge < -0.3 is 4.90 Å². The second kappa shape index (κ2) is 11.6. The van der Waals surface area contributed by atoms with Crippen LogP contribution in [-0.4, -0.2) is 22.0 Å². The number of nitrogens with zero attached hydrogens (tertiary/aromatic N) is 1. The van der Waals surface area contributed by atoms with E-state index in [9.17, 15) is 8.42 Å². The molecule has 5 heteroatoms. The molecule has 0 saturated carbocycles. The molecule has 0 saturated heterocycles. The van der Waals surface area contributed by atoms with Crippen LogP contribution in [0.5, 0.6) is 0 Å². The van der Waals surface area contributed by atoms with E-state index in [4.69, 9.17) is 0 Å². The summed E-state index contributed by atoms with van der Waals surface area (Å²) >= 11 is 0. The van der Waals surface area contributed by atoms with Crippen LogP contribution in [-0.2, 0) is 10.0 Å². The zero-order valence-corrected chi connectivity index (χ0v) is 18.4. The number of allylic oxidation sites excluding steroid dienone is 3. The minimum absolute atomic E-state index is 0.267. The maximum Gasteiger partial charge on any atom is 0.241 e. The first kappa shape index (κ1) is 22.9. The van der Waals surface area contributed by atoms with Gasteiger partial charge in [-0.05, 0) is 43.2 Å². The number of hydrogen-bond acceptors (Lipinski definition) is 3. The largest absolute Gasteiger partial charge is 0.375 e. The quantitative estimate of drug-likeness (QED) is 0.393. The summed E-state index contributed by atoms with van der Waals surface area (Å²) in [6, 6.07) is 16.2. The summed E-state index contributed by atoms with van der Waals surface area (Å²) in [6.07, 6.45) is 11.0. The molecule has 0 aliphatic rings. The third-order valence-electron chi connectivity index (χ3n) is 4.73. The van der Waals surface area contributed by atoms with Gasteiger partial charge in [-0.15, -0.1) is 0 Å². The second-order valence-electron chi connectivity index (χ2n) is 7.04. The van der Waals surface area contributed by atoms with E-state index >= 15 is 0 Å². The van der Waals surface area contributed by atoms with E-state index in [0.29, 0.717) is 0 Å². The van der Waals surface area contributed by atoms with Crippen molar-refractivity contribution in [1.82, 2.24) is 4.72 Å². The molecule has 4 nitrogen and oxygen atoms in total. The first-order chi connectivity index (χ1) is 14.0. The van der Waals surface area contributed by atoms with Crippen LogP contribution in [0.4, 0.5) is 5.69 Å². The number of hydrogen-bond donors (Lipinski definition) is 1. The minimum Gasteiger partial charge on any atom is -0.375 e. The zero-order chi connectivity index (χ0) is 21.1. The Morgan fingerprint density at radius 2 is 1.69 bits per heavy atom. The predicted molar refractivity (Wildman–Crippen MR) is 123 cm³/mol. The highest BCUT2D eigenvalue weighted by atomic mass is 32.2. The first-order valence-electron chi connectivity index (χ1n) is 10.2. The van der Waals surface area contributed by atoms with Crippen LogP contribution in [0, 0.1) is 0 Å². The molecule has 29 heavy (non-hydrogen) atoms. The van der Waals surface area contributed by atoms with Gasteiger partial charge in [0, 0.05) is 19.3 Å². The number of sulfonamides is 1. The molecular weight excluding hydrogens is 380 g/mol. The molecule has 2 aromatic carbocycles. The monoisotopic (exact) mass is 412 g/mol. The van der Waals surface area contributed by atoms with E-state index in [1.165, 1.54) is 12.8 Å². The van der Waals surface area contributed by atoms with Gasteiger partial charge >= 0.3 is 0 Å². The molecule has 2 aromatic rings. The Kier molecular flexibility index (Phi) is 9.16. The fourth-order valence-corrected chi connectivity index (χ4v) is 4.19. The highest BCUT2D eigenvalue weighted by Crippen LogP contribution is 2.21. The van der Waals surface area contributed by atoms with E-state index in [0.717, 1.165) is 24.2 Å². The molecule has 0 aliphatic heterocycles. The summed E-state index contributed by atoms with van der Waals surface area (Å²) in [4.78, 5) is 2.43. The fraction of sp³-hybridized carbons (Fsp3) is 0.333. The topological polar surface area (TPSA) is 49.4 Å². The molecule has 0 heterocycles. The van der Waals surface area contributed by atoms with Crippen LogP contribution in [0.1, 0.15) is 44.7 Å². The standard InChI is InChI=1S/C24H32N2O2S/c1-4-6-9-15-24(21-13-10-8-11-14-21)25-29(27,28)23-18-16-22(17-19-23)26(3)20-12-7-5-2/h4,6,8-11,13-19,24-25H,5,7,12,20H2,1-3H3/b6-4-,15-9+. The van der Waals surface area contributed by atoms with Crippen molar-refractivity contribution < 1.29 is 8.42 Å². The van der Waals surface area contributed by atoms with Gasteiger partial charge in [-0.2, -0.15) is 4.72 Å². The number of anilines is 1. The highest BCUT2D eigenvalue weighted by Gasteiger charge is 2.19. The van der Waals surface area contributed by atoms with Gasteiger partial charge in [0.15, 0.2) is 0 Å². The Hall–Kier alpha value is -2.37. The van der Waals surface area contributed by atoms with Crippen LogP contribution in [0.25, 0.3) is 0 Å². The number of rotatable bonds is 11. The lowest BCUT2D eigenvalue weighted by molar-refractivity contribution is 0.574. The summed E-state index contributed by atoms with van der Waals surface area (Å²) in [6.45, 7) is 5.07. The van der Waals surface area contributed by atoms with Crippen LogP contribution >= 0.6 is 0 Å². The van der Waals surface area contributed by atoms with Crippen molar-refractivity contribution in [3.63, 3.8) is 0 Å². The van der Waals surface area contributed by atoms with Crippen molar-refractivity contribution in [1.29, 1.82) is 0 Å². The molecule has 0 spiro atoms. The number of benzene rings is 2. The minimum atomic E-state index is -3.65. The molecule has 0 aliphatic carbocycles. The molecule has 1 unspecified atom stereocenters. The average Bonchev–Trinajstić information content (AvgIpc) is 2.74. The lowest BCUT2D eigenvalue weighted by Crippen LogP contribution is -2.27. The van der Waals surface area contributed by atoms with Crippen LogP contribution < -0.4 is 9.62 Å². The van der Waals surface area contributed by atoms with Crippen LogP contribution in [0.15, 0.2) is 83.8 Å². The average molecular weight is 413 g/mol. The summed E-state index contributed by atoms with van der Waals surface area (Å²) in [7, 11) is -1.62. The van der Waals surface area contributed by atoms with Crippen molar-refractivity contribution in [2.75, 3.05) is 18.5 Å². The highest BCUT2D eigenvalue weighted by molar-refractivity contribution is 7.89. The van der Waals surface area contributed by atoms with Crippen molar-refractivity contribution in [2.45, 2.75) is 44.0 Å². The lowest BCUT2D eigenvalue weighted by atomic mass is 10.1. The van der Waals surface area contributed by atoms with E-state index in [2.05, 4.69) is 16.5 Å². The first-order valence-corrected chi connectivity index (χ1v) is 11.6. The molecule has 1 N–H and O–H groups in total. The maximum absolute atomic E-state index is 13.0. The van der Waals surface area contributed by atoms with Gasteiger partial charge in [-0.1, -0.05) is 74.4 Å². The van der Waals surface area contributed by atoms with Gasteiger partial charge in [0.05, 0.1) is 10.9 Å². The Morgan fingerprint density at radius 1 is 1.00 bits per heavy atom. The summed E-state index contributed by atoms with van der Waals surface area (Å²) in [5.41, 5.74) is 1.91. The summed E-state index contributed by atoms with van der Waals surface area (Å²) in [5.74, 6) is 0. The van der Waals surface area contributed by atoms with Crippen LogP contribution in [0.3, 0.4) is 0 Å². The molecule has 0 bridgehead atoms. The Morgan fingerprint density at radius 3 is 2.31 bits per heavy atom. The molecule has 0 aromatic heterocycles. The smallest absolute Gasteiger partial charge is 0.241 e. The van der Waals surface area contributed by atoms with E-state index in [1.807, 2.05) is 80.7 Å². The maximum atomic E-state index is 13.0. The number of unbranched alkanes of at least 4 members (excludes halogenated alkanes) is 2. The Labute approximate surface area is 176 Å². The zero-order valence-electron chi connectivity index (χ0n) is 17.6. The summed E-state index contributed by atoms with van der Waals surface area (Å²) in [5, 5.41) is 0. The van der Waals surface area contributed by atoms with Gasteiger partial charge in [-0.25, -0.2) is 8.42 Å². The molecule has 0 radical (unpaired) electrons. The van der Waals surface area contributed by atoms with Crippen molar-refractivity contribution in [3.8, 4) is 0 Å². The molecule has 2 rings (SSSR count). The van der Waals surface area contributed by atoms with Crippen LogP contribution in [0.2, 0.25) is 0 Å². The van der Waals surface area contributed by atoms with Gasteiger partial charge in [0.1, 0.15) is 0 Å². The Bertz CT molecular complexity index is 888. The Balaban J connectivity index is 2.17. The van der Waals surface area contributed by atoms with Crippen molar-refractivity contribution in [3.05, 3.63) is 84.5 Å². The van der Waals surface area contributed by atoms with E-state index < -0.39 is 16.1 Å². The third-order valence-corrected chi connectivity index (χ3v) is 6.19. The van der Waals surface area contributed by atoms with E-state index in [-0.39, 0.29) is 4.90 Å². The normalized spacial score (nSPS) is 13.2. The molecule has 0 amide bonds. The lowest BCUT2D eigenvalue weighted by Gasteiger charge is -2.20. The molecule has 1 atom stereocenters. The third kappa shape index (κ3) is 7.18. The van der Waals surface area contributed by atoms with Crippen molar-refractivity contribution >= 4 is 15.7 Å². The SMILES string of the molecule is C/C=C\C=C\C(NS(=O)(=O)c1ccc(N(C)CCCCC)cc1)c1ccccc1. The summed E-state index contributed by atoms with van der Waals surface area (Å²) < 4.78 is 28.7. The number of nitrogens with one attached hydrogen (secondary N) is 1. The van der Waals surface area contributed by atoms with Crippen molar-refractivity contribution in [2.24, 2.45) is 0 Å². The molecule has 156 valence electrons. The fourth-order valence-electron chi connectivity index (χ4n) is 3.01. The molecular formula is C24H32N2O2S. The molecule has 0 fully saturated rings. The second-order valence-corrected chi connectivity index (χ2v) is 8.76. The van der Waals surface area contributed by atoms with Gasteiger partial charge in [-0.3, -0.25) is 0 Å².